The molecule has 1 aromatic heterocycles. The van der Waals surface area contributed by atoms with Crippen LogP contribution >= 0.6 is 22.9 Å². The first kappa shape index (κ1) is 15.5. The minimum Gasteiger partial charge on any atom is -0.304 e. The molecule has 108 valence electrons. The smallest absolute Gasteiger partial charge is 0.0982 e. The Bertz CT molecular complexity index is 572. The lowest BCUT2D eigenvalue weighted by atomic mass is 9.98. The Balaban J connectivity index is 1.99. The molecule has 0 radical (unpaired) electrons. The number of benzene rings is 1. The van der Waals surface area contributed by atoms with Gasteiger partial charge >= 0.3 is 0 Å². The molecule has 0 bridgehead atoms. The molecule has 4 heteroatoms. The quantitative estimate of drug-likeness (QED) is 0.865. The molecular formula is C16H21ClN2S. The summed E-state index contributed by atoms with van der Waals surface area (Å²) in [6.07, 6.45) is 0. The van der Waals surface area contributed by atoms with E-state index in [1.54, 1.807) is 11.3 Å². The Kier molecular flexibility index (Phi) is 4.84. The molecule has 2 rings (SSSR count). The minimum atomic E-state index is 0.122. The van der Waals surface area contributed by atoms with Crippen LogP contribution in [0.4, 0.5) is 0 Å². The van der Waals surface area contributed by atoms with E-state index in [2.05, 4.69) is 44.5 Å². The highest BCUT2D eigenvalue weighted by Crippen LogP contribution is 2.26. The third-order valence-corrected chi connectivity index (χ3v) is 4.82. The monoisotopic (exact) mass is 308 g/mol. The lowest BCUT2D eigenvalue weighted by Crippen LogP contribution is -2.19. The first-order valence-electron chi connectivity index (χ1n) is 6.80. The standard InChI is InChI=1S/C16H21ClN2S/c1-11(13-7-5-6-8-14(13)17)18-9-12-10-20-15(19-12)16(2,3)4/h5-8,10-11,18H,9H2,1-4H3/t11-/m0/s1. The van der Waals surface area contributed by atoms with Gasteiger partial charge in [0.1, 0.15) is 0 Å². The van der Waals surface area contributed by atoms with E-state index in [4.69, 9.17) is 16.6 Å². The zero-order valence-electron chi connectivity index (χ0n) is 12.4. The zero-order valence-corrected chi connectivity index (χ0v) is 14.0. The fraction of sp³-hybridized carbons (Fsp3) is 0.438. The van der Waals surface area contributed by atoms with Gasteiger partial charge < -0.3 is 5.32 Å². The number of hydrogen-bond donors (Lipinski definition) is 1. The van der Waals surface area contributed by atoms with Crippen LogP contribution in [-0.4, -0.2) is 4.98 Å². The molecule has 0 saturated carbocycles. The van der Waals surface area contributed by atoms with E-state index in [1.165, 1.54) is 5.01 Å². The van der Waals surface area contributed by atoms with E-state index < -0.39 is 0 Å². The highest BCUT2D eigenvalue weighted by molar-refractivity contribution is 7.09. The Morgan fingerprint density at radius 1 is 1.30 bits per heavy atom. The van der Waals surface area contributed by atoms with Crippen LogP contribution in [0.2, 0.25) is 5.02 Å². The molecule has 20 heavy (non-hydrogen) atoms. The lowest BCUT2D eigenvalue weighted by molar-refractivity contribution is 0.556. The predicted octanol–water partition coefficient (Wildman–Crippen LogP) is 4.94. The topological polar surface area (TPSA) is 24.9 Å². The van der Waals surface area contributed by atoms with Crippen molar-refractivity contribution in [2.75, 3.05) is 0 Å². The van der Waals surface area contributed by atoms with E-state index in [-0.39, 0.29) is 11.5 Å². The van der Waals surface area contributed by atoms with E-state index in [0.717, 1.165) is 22.8 Å². The normalized spacial score (nSPS) is 13.4. The molecule has 0 amide bonds. The summed E-state index contributed by atoms with van der Waals surface area (Å²) in [7, 11) is 0. The van der Waals surface area contributed by atoms with Crippen molar-refractivity contribution in [1.29, 1.82) is 0 Å². The summed E-state index contributed by atoms with van der Waals surface area (Å²) in [6.45, 7) is 9.46. The molecule has 1 atom stereocenters. The van der Waals surface area contributed by atoms with Crippen molar-refractivity contribution in [3.05, 3.63) is 50.9 Å². The third kappa shape index (κ3) is 3.81. The molecule has 1 N–H and O–H groups in total. The van der Waals surface area contributed by atoms with Crippen molar-refractivity contribution >= 4 is 22.9 Å². The number of hydrogen-bond acceptors (Lipinski definition) is 3. The fourth-order valence-corrected chi connectivity index (χ4v) is 3.13. The van der Waals surface area contributed by atoms with Crippen LogP contribution in [0, 0.1) is 0 Å². The molecule has 0 fully saturated rings. The van der Waals surface area contributed by atoms with Gasteiger partial charge in [0, 0.05) is 28.4 Å². The second-order valence-corrected chi connectivity index (χ2v) is 7.28. The average Bonchev–Trinajstić information content (AvgIpc) is 2.85. The van der Waals surface area contributed by atoms with Crippen LogP contribution < -0.4 is 5.32 Å². The van der Waals surface area contributed by atoms with E-state index in [1.807, 2.05) is 18.2 Å². The first-order valence-corrected chi connectivity index (χ1v) is 8.06. The zero-order chi connectivity index (χ0) is 14.8. The van der Waals surface area contributed by atoms with Gasteiger partial charge in [0.2, 0.25) is 0 Å². The Hall–Kier alpha value is -0.900. The van der Waals surface area contributed by atoms with Crippen molar-refractivity contribution in [1.82, 2.24) is 10.3 Å². The molecule has 1 heterocycles. The number of halogens is 1. The molecule has 0 aliphatic heterocycles. The Morgan fingerprint density at radius 2 is 2.00 bits per heavy atom. The van der Waals surface area contributed by atoms with Gasteiger partial charge in [-0.25, -0.2) is 4.98 Å². The average molecular weight is 309 g/mol. The third-order valence-electron chi connectivity index (χ3n) is 3.15. The summed E-state index contributed by atoms with van der Waals surface area (Å²) in [5.41, 5.74) is 2.34. The SMILES string of the molecule is C[C@H](NCc1csc(C(C)(C)C)n1)c1ccccc1Cl. The second kappa shape index (κ2) is 6.25. The van der Waals surface area contributed by atoms with Gasteiger partial charge in [-0.15, -0.1) is 11.3 Å². The van der Waals surface area contributed by atoms with Crippen molar-refractivity contribution in [2.24, 2.45) is 0 Å². The summed E-state index contributed by atoms with van der Waals surface area (Å²) >= 11 is 7.94. The molecule has 0 saturated heterocycles. The molecule has 1 aromatic carbocycles. The Morgan fingerprint density at radius 3 is 2.60 bits per heavy atom. The maximum Gasteiger partial charge on any atom is 0.0982 e. The molecular weight excluding hydrogens is 288 g/mol. The number of rotatable bonds is 4. The molecule has 0 aliphatic carbocycles. The fourth-order valence-electron chi connectivity index (χ4n) is 1.93. The maximum atomic E-state index is 6.21. The van der Waals surface area contributed by atoms with Crippen LogP contribution in [-0.2, 0) is 12.0 Å². The Labute approximate surface area is 130 Å². The summed E-state index contributed by atoms with van der Waals surface area (Å²) in [5, 5.41) is 7.60. The van der Waals surface area contributed by atoms with Gasteiger partial charge in [0.05, 0.1) is 10.7 Å². The van der Waals surface area contributed by atoms with Gasteiger partial charge in [-0.05, 0) is 18.6 Å². The van der Waals surface area contributed by atoms with Crippen LogP contribution in [0.15, 0.2) is 29.6 Å². The van der Waals surface area contributed by atoms with Gasteiger partial charge in [-0.2, -0.15) is 0 Å². The van der Waals surface area contributed by atoms with Crippen LogP contribution in [0.25, 0.3) is 0 Å². The first-order chi connectivity index (χ1) is 9.38. The van der Waals surface area contributed by atoms with Gasteiger partial charge in [-0.1, -0.05) is 50.6 Å². The van der Waals surface area contributed by atoms with Gasteiger partial charge in [0.15, 0.2) is 0 Å². The highest BCUT2D eigenvalue weighted by atomic mass is 35.5. The highest BCUT2D eigenvalue weighted by Gasteiger charge is 2.18. The van der Waals surface area contributed by atoms with Crippen molar-refractivity contribution in [3.8, 4) is 0 Å². The largest absolute Gasteiger partial charge is 0.304 e. The van der Waals surface area contributed by atoms with Crippen LogP contribution in [0.5, 0.6) is 0 Å². The second-order valence-electron chi connectivity index (χ2n) is 6.02. The van der Waals surface area contributed by atoms with Crippen LogP contribution in [0.3, 0.4) is 0 Å². The summed E-state index contributed by atoms with van der Waals surface area (Å²) < 4.78 is 0. The van der Waals surface area contributed by atoms with E-state index in [0.29, 0.717) is 0 Å². The van der Waals surface area contributed by atoms with Crippen molar-refractivity contribution < 1.29 is 0 Å². The number of nitrogens with one attached hydrogen (secondary N) is 1. The molecule has 0 spiro atoms. The van der Waals surface area contributed by atoms with Crippen LogP contribution in [0.1, 0.15) is 50.0 Å². The predicted molar refractivity (Wildman–Crippen MR) is 87.5 cm³/mol. The molecule has 0 aliphatic rings. The van der Waals surface area contributed by atoms with Crippen molar-refractivity contribution in [3.63, 3.8) is 0 Å². The van der Waals surface area contributed by atoms with Gasteiger partial charge in [0.25, 0.3) is 0 Å². The number of thiazole rings is 1. The van der Waals surface area contributed by atoms with E-state index >= 15 is 0 Å². The maximum absolute atomic E-state index is 6.21. The van der Waals surface area contributed by atoms with Crippen molar-refractivity contribution in [2.45, 2.75) is 45.7 Å². The summed E-state index contributed by atoms with van der Waals surface area (Å²) in [6, 6.07) is 8.16. The number of aromatic nitrogens is 1. The van der Waals surface area contributed by atoms with Gasteiger partial charge in [-0.3, -0.25) is 0 Å². The molecule has 2 nitrogen and oxygen atoms in total. The van der Waals surface area contributed by atoms with E-state index in [9.17, 15) is 0 Å². The lowest BCUT2D eigenvalue weighted by Gasteiger charge is -2.15. The molecule has 0 unspecified atom stereocenters. The molecule has 2 aromatic rings. The summed E-state index contributed by atoms with van der Waals surface area (Å²) in [5.74, 6) is 0. The number of nitrogens with zero attached hydrogens (tertiary/aromatic N) is 1. The summed E-state index contributed by atoms with van der Waals surface area (Å²) in [4.78, 5) is 4.69. The minimum absolute atomic E-state index is 0.122.